The van der Waals surface area contributed by atoms with Crippen molar-refractivity contribution in [1.29, 1.82) is 0 Å². The highest BCUT2D eigenvalue weighted by Gasteiger charge is 2.16. The van der Waals surface area contributed by atoms with Gasteiger partial charge in [-0.2, -0.15) is 5.10 Å². The fraction of sp³-hybridized carbons (Fsp3) is 0.286. The molecule has 2 rings (SSSR count). The SMILES string of the molecule is COCCN(Cc1ccc(F)cc1Cl)C(=O)Nc1cn[nH]c1. The summed E-state index contributed by atoms with van der Waals surface area (Å²) in [4.78, 5) is 13.8. The van der Waals surface area contributed by atoms with Gasteiger partial charge in [-0.3, -0.25) is 5.10 Å². The van der Waals surface area contributed by atoms with Crippen LogP contribution in [0.4, 0.5) is 14.9 Å². The van der Waals surface area contributed by atoms with Crippen molar-refractivity contribution in [3.8, 4) is 0 Å². The molecule has 1 aromatic heterocycles. The molecule has 8 heteroatoms. The molecule has 22 heavy (non-hydrogen) atoms. The maximum Gasteiger partial charge on any atom is 0.322 e. The second-order valence-electron chi connectivity index (χ2n) is 4.57. The van der Waals surface area contributed by atoms with Gasteiger partial charge >= 0.3 is 6.03 Å². The fourth-order valence-electron chi connectivity index (χ4n) is 1.83. The van der Waals surface area contributed by atoms with E-state index in [2.05, 4.69) is 15.5 Å². The summed E-state index contributed by atoms with van der Waals surface area (Å²) in [5.74, 6) is -0.417. The van der Waals surface area contributed by atoms with Crippen molar-refractivity contribution in [3.63, 3.8) is 0 Å². The lowest BCUT2D eigenvalue weighted by molar-refractivity contribution is 0.153. The molecule has 0 saturated heterocycles. The molecule has 0 bridgehead atoms. The lowest BCUT2D eigenvalue weighted by atomic mass is 10.2. The first-order valence-corrected chi connectivity index (χ1v) is 6.95. The number of halogens is 2. The molecule has 0 unspecified atom stereocenters. The number of rotatable bonds is 6. The lowest BCUT2D eigenvalue weighted by Gasteiger charge is -2.23. The third kappa shape index (κ3) is 4.44. The largest absolute Gasteiger partial charge is 0.383 e. The van der Waals surface area contributed by atoms with Crippen molar-refractivity contribution in [3.05, 3.63) is 47.0 Å². The Balaban J connectivity index is 2.09. The Bertz CT molecular complexity index is 621. The summed E-state index contributed by atoms with van der Waals surface area (Å²) in [5, 5.41) is 9.35. The van der Waals surface area contributed by atoms with Crippen LogP contribution in [-0.2, 0) is 11.3 Å². The molecular weight excluding hydrogens is 311 g/mol. The molecule has 1 aromatic carbocycles. The van der Waals surface area contributed by atoms with Gasteiger partial charge < -0.3 is 15.0 Å². The molecule has 2 amide bonds. The molecule has 2 aromatic rings. The van der Waals surface area contributed by atoms with E-state index in [0.29, 0.717) is 24.4 Å². The van der Waals surface area contributed by atoms with Gasteiger partial charge in [-0.25, -0.2) is 9.18 Å². The summed E-state index contributed by atoms with van der Waals surface area (Å²) in [6, 6.07) is 3.77. The van der Waals surface area contributed by atoms with Crippen molar-refractivity contribution in [2.45, 2.75) is 6.54 Å². The van der Waals surface area contributed by atoms with E-state index in [1.165, 1.54) is 23.2 Å². The molecule has 0 aliphatic carbocycles. The number of nitrogens with zero attached hydrogens (tertiary/aromatic N) is 2. The molecule has 118 valence electrons. The van der Waals surface area contributed by atoms with E-state index in [1.807, 2.05) is 0 Å². The van der Waals surface area contributed by atoms with E-state index in [-0.39, 0.29) is 17.6 Å². The number of nitrogens with one attached hydrogen (secondary N) is 2. The Morgan fingerprint density at radius 1 is 1.55 bits per heavy atom. The molecule has 0 fully saturated rings. The summed E-state index contributed by atoms with van der Waals surface area (Å²) < 4.78 is 18.1. The Labute approximate surface area is 132 Å². The maximum absolute atomic E-state index is 13.1. The van der Waals surface area contributed by atoms with Crippen molar-refractivity contribution < 1.29 is 13.9 Å². The molecule has 6 nitrogen and oxygen atoms in total. The molecule has 2 N–H and O–H groups in total. The van der Waals surface area contributed by atoms with E-state index >= 15 is 0 Å². The second kappa shape index (κ2) is 7.77. The molecule has 0 atom stereocenters. The normalized spacial score (nSPS) is 10.5. The third-order valence-corrected chi connectivity index (χ3v) is 3.33. The van der Waals surface area contributed by atoms with Gasteiger partial charge in [0.1, 0.15) is 5.82 Å². The first kappa shape index (κ1) is 16.3. The van der Waals surface area contributed by atoms with Gasteiger partial charge in [0, 0.05) is 31.4 Å². The summed E-state index contributed by atoms with van der Waals surface area (Å²) in [6.45, 7) is 0.984. The zero-order chi connectivity index (χ0) is 15.9. The molecule has 0 aliphatic heterocycles. The van der Waals surface area contributed by atoms with E-state index in [1.54, 1.807) is 19.4 Å². The number of H-pyrrole nitrogens is 1. The highest BCUT2D eigenvalue weighted by molar-refractivity contribution is 6.31. The van der Waals surface area contributed by atoms with E-state index in [4.69, 9.17) is 16.3 Å². The molecule has 0 radical (unpaired) electrons. The summed E-state index contributed by atoms with van der Waals surface area (Å²) in [5.41, 5.74) is 1.21. The fourth-order valence-corrected chi connectivity index (χ4v) is 2.06. The van der Waals surface area contributed by atoms with E-state index in [0.717, 1.165) is 0 Å². The molecule has 0 aliphatic rings. The van der Waals surface area contributed by atoms with Gasteiger partial charge in [0.2, 0.25) is 0 Å². The van der Waals surface area contributed by atoms with E-state index in [9.17, 15) is 9.18 Å². The van der Waals surface area contributed by atoms with Crippen LogP contribution in [0.1, 0.15) is 5.56 Å². The number of benzene rings is 1. The zero-order valence-corrected chi connectivity index (χ0v) is 12.7. The van der Waals surface area contributed by atoms with Crippen LogP contribution in [0.3, 0.4) is 0 Å². The minimum Gasteiger partial charge on any atom is -0.383 e. The zero-order valence-electron chi connectivity index (χ0n) is 12.0. The highest BCUT2D eigenvalue weighted by atomic mass is 35.5. The maximum atomic E-state index is 13.1. The topological polar surface area (TPSA) is 70.2 Å². The minimum atomic E-state index is -0.417. The van der Waals surface area contributed by atoms with Crippen LogP contribution in [0.25, 0.3) is 0 Å². The van der Waals surface area contributed by atoms with Crippen LogP contribution in [0, 0.1) is 5.82 Å². The number of hydrogen-bond acceptors (Lipinski definition) is 3. The number of urea groups is 1. The van der Waals surface area contributed by atoms with Gasteiger partial charge in [0.25, 0.3) is 0 Å². The number of methoxy groups -OCH3 is 1. The number of aromatic nitrogens is 2. The molecule has 0 spiro atoms. The van der Waals surface area contributed by atoms with Crippen molar-refractivity contribution in [2.75, 3.05) is 25.6 Å². The average molecular weight is 327 g/mol. The molecule has 1 heterocycles. The first-order chi connectivity index (χ1) is 10.6. The average Bonchev–Trinajstić information content (AvgIpc) is 2.98. The smallest absolute Gasteiger partial charge is 0.322 e. The molecule has 0 saturated carbocycles. The first-order valence-electron chi connectivity index (χ1n) is 6.57. The van der Waals surface area contributed by atoms with Crippen molar-refractivity contribution in [1.82, 2.24) is 15.1 Å². The van der Waals surface area contributed by atoms with Crippen LogP contribution in [0.5, 0.6) is 0 Å². The number of ether oxygens (including phenoxy) is 1. The summed E-state index contributed by atoms with van der Waals surface area (Å²) in [6.07, 6.45) is 3.06. The van der Waals surface area contributed by atoms with Crippen molar-refractivity contribution >= 4 is 23.3 Å². The standard InChI is InChI=1S/C14H16ClFN4O2/c1-22-5-4-20(14(21)19-12-7-17-18-8-12)9-10-2-3-11(16)6-13(10)15/h2-3,6-8H,4-5,9H2,1H3,(H,17,18)(H,19,21). The van der Waals surface area contributed by atoms with Gasteiger partial charge in [-0.1, -0.05) is 17.7 Å². The predicted octanol–water partition coefficient (Wildman–Crippen LogP) is 2.88. The third-order valence-electron chi connectivity index (χ3n) is 2.98. The van der Waals surface area contributed by atoms with Crippen LogP contribution in [-0.4, -0.2) is 41.4 Å². The number of carbonyl (C=O) groups excluding carboxylic acids is 1. The van der Waals surface area contributed by atoms with Crippen LogP contribution in [0.2, 0.25) is 5.02 Å². The van der Waals surface area contributed by atoms with Gasteiger partial charge in [-0.05, 0) is 17.7 Å². The summed E-state index contributed by atoms with van der Waals surface area (Å²) in [7, 11) is 1.55. The van der Waals surface area contributed by atoms with Crippen molar-refractivity contribution in [2.24, 2.45) is 0 Å². The summed E-state index contributed by atoms with van der Waals surface area (Å²) >= 11 is 6.01. The Kier molecular flexibility index (Phi) is 5.74. The number of anilines is 1. The van der Waals surface area contributed by atoms with Crippen LogP contribution in [0.15, 0.2) is 30.6 Å². The van der Waals surface area contributed by atoms with E-state index < -0.39 is 5.82 Å². The lowest BCUT2D eigenvalue weighted by Crippen LogP contribution is -2.36. The van der Waals surface area contributed by atoms with Crippen LogP contribution < -0.4 is 5.32 Å². The minimum absolute atomic E-state index is 0.242. The predicted molar refractivity (Wildman–Crippen MR) is 81.3 cm³/mol. The Hall–Kier alpha value is -2.12. The van der Waals surface area contributed by atoms with Gasteiger partial charge in [0.15, 0.2) is 0 Å². The number of carbonyl (C=O) groups is 1. The Morgan fingerprint density at radius 2 is 2.36 bits per heavy atom. The second-order valence-corrected chi connectivity index (χ2v) is 4.97. The number of hydrogen-bond donors (Lipinski definition) is 2. The number of aromatic amines is 1. The van der Waals surface area contributed by atoms with Crippen LogP contribution >= 0.6 is 11.6 Å². The number of amides is 2. The van der Waals surface area contributed by atoms with Gasteiger partial charge in [-0.15, -0.1) is 0 Å². The molecular formula is C14H16ClFN4O2. The highest BCUT2D eigenvalue weighted by Crippen LogP contribution is 2.19. The monoisotopic (exact) mass is 326 g/mol. The Morgan fingerprint density at radius 3 is 3.00 bits per heavy atom. The quantitative estimate of drug-likeness (QED) is 0.857. The van der Waals surface area contributed by atoms with Gasteiger partial charge in [0.05, 0.1) is 18.5 Å².